The molecule has 2 aromatic rings. The van der Waals surface area contributed by atoms with Crippen LogP contribution in [0, 0.1) is 0 Å². The third-order valence-corrected chi connectivity index (χ3v) is 4.01. The maximum Gasteiger partial charge on any atom is 0.257 e. The van der Waals surface area contributed by atoms with Gasteiger partial charge in [-0.1, -0.05) is 12.1 Å². The van der Waals surface area contributed by atoms with Crippen LogP contribution in [0.2, 0.25) is 0 Å². The van der Waals surface area contributed by atoms with E-state index in [1.807, 2.05) is 13.8 Å². The summed E-state index contributed by atoms with van der Waals surface area (Å²) in [6.45, 7) is 5.87. The molecule has 2 amide bonds. The first-order valence-corrected chi connectivity index (χ1v) is 9.76. The molecule has 154 valence electrons. The van der Waals surface area contributed by atoms with Gasteiger partial charge in [0, 0.05) is 18.7 Å². The molecule has 0 aliphatic carbocycles. The number of rotatable bonds is 9. The Morgan fingerprint density at radius 2 is 1.69 bits per heavy atom. The summed E-state index contributed by atoms with van der Waals surface area (Å²) in [5, 5.41) is 8.35. The van der Waals surface area contributed by atoms with Gasteiger partial charge in [-0.2, -0.15) is 0 Å². The zero-order valence-corrected chi connectivity index (χ0v) is 17.3. The number of thiocarbonyl (C=S) groups is 1. The van der Waals surface area contributed by atoms with Crippen molar-refractivity contribution >= 4 is 34.8 Å². The Hall–Kier alpha value is -2.97. The molecule has 8 heteroatoms. The van der Waals surface area contributed by atoms with E-state index >= 15 is 0 Å². The molecule has 2 rings (SSSR count). The molecule has 0 aliphatic heterocycles. The molecule has 0 saturated carbocycles. The fourth-order valence-electron chi connectivity index (χ4n) is 2.44. The van der Waals surface area contributed by atoms with E-state index < -0.39 is 0 Å². The number of amides is 2. The third kappa shape index (κ3) is 7.17. The fourth-order valence-corrected chi connectivity index (χ4v) is 2.64. The smallest absolute Gasteiger partial charge is 0.257 e. The first-order valence-electron chi connectivity index (χ1n) is 9.35. The molecule has 0 aliphatic rings. The van der Waals surface area contributed by atoms with Crippen LogP contribution in [0.15, 0.2) is 48.5 Å². The number of benzene rings is 2. The predicted octanol–water partition coefficient (Wildman–Crippen LogP) is 2.98. The Bertz CT molecular complexity index is 840. The minimum Gasteiger partial charge on any atom is -0.491 e. The number of nitrogens with one attached hydrogen (secondary N) is 3. The van der Waals surface area contributed by atoms with E-state index in [0.717, 1.165) is 0 Å². The number of carbonyl (C=O) groups is 2. The molecule has 0 atom stereocenters. The van der Waals surface area contributed by atoms with Crippen LogP contribution in [0.25, 0.3) is 0 Å². The van der Waals surface area contributed by atoms with Gasteiger partial charge < -0.3 is 20.1 Å². The van der Waals surface area contributed by atoms with Crippen LogP contribution in [0.5, 0.6) is 5.75 Å². The van der Waals surface area contributed by atoms with Crippen molar-refractivity contribution in [1.29, 1.82) is 0 Å². The topological polar surface area (TPSA) is 88.7 Å². The number of hydrogen-bond donors (Lipinski definition) is 3. The van der Waals surface area contributed by atoms with E-state index in [-0.39, 0.29) is 16.9 Å². The van der Waals surface area contributed by atoms with Gasteiger partial charge in [-0.25, -0.2) is 0 Å². The Labute approximate surface area is 175 Å². The fraction of sp³-hybridized carbons (Fsp3) is 0.286. The van der Waals surface area contributed by atoms with E-state index in [2.05, 4.69) is 16.0 Å². The van der Waals surface area contributed by atoms with Crippen molar-refractivity contribution in [3.63, 3.8) is 0 Å². The van der Waals surface area contributed by atoms with Gasteiger partial charge in [-0.15, -0.1) is 0 Å². The van der Waals surface area contributed by atoms with Gasteiger partial charge in [0.25, 0.3) is 11.8 Å². The standard InChI is InChI=1S/C21H25N3O4S/c1-3-22-20(26)17-7-5-6-8-18(17)23-21(29)24-19(25)15-9-11-16(12-10-15)28-14-13-27-4-2/h5-12H,3-4,13-14H2,1-2H3,(H,22,26)(H2,23,24,25,29). The molecule has 0 unspecified atom stereocenters. The molecule has 29 heavy (non-hydrogen) atoms. The van der Waals surface area contributed by atoms with Crippen LogP contribution >= 0.6 is 12.2 Å². The van der Waals surface area contributed by atoms with Crippen LogP contribution in [0.1, 0.15) is 34.6 Å². The molecular weight excluding hydrogens is 390 g/mol. The van der Waals surface area contributed by atoms with Crippen molar-refractivity contribution < 1.29 is 19.1 Å². The van der Waals surface area contributed by atoms with Crippen molar-refractivity contribution in [3.05, 3.63) is 59.7 Å². The summed E-state index contributed by atoms with van der Waals surface area (Å²) in [6, 6.07) is 13.7. The van der Waals surface area contributed by atoms with Crippen LogP contribution < -0.4 is 20.7 Å². The summed E-state index contributed by atoms with van der Waals surface area (Å²) in [5.41, 5.74) is 1.39. The lowest BCUT2D eigenvalue weighted by molar-refractivity contribution is 0.0954. The number of carbonyl (C=O) groups excluding carboxylic acids is 2. The SMILES string of the molecule is CCNC(=O)c1ccccc1NC(=S)NC(=O)c1ccc(OCCOCC)cc1. The number of anilines is 1. The van der Waals surface area contributed by atoms with E-state index in [9.17, 15) is 9.59 Å². The van der Waals surface area contributed by atoms with Crippen LogP contribution in [0.4, 0.5) is 5.69 Å². The molecule has 0 heterocycles. The molecule has 0 spiro atoms. The lowest BCUT2D eigenvalue weighted by Gasteiger charge is -2.13. The maximum absolute atomic E-state index is 12.4. The highest BCUT2D eigenvalue weighted by molar-refractivity contribution is 7.80. The molecule has 7 nitrogen and oxygen atoms in total. The van der Waals surface area contributed by atoms with E-state index in [4.69, 9.17) is 21.7 Å². The van der Waals surface area contributed by atoms with E-state index in [1.54, 1.807) is 48.5 Å². The monoisotopic (exact) mass is 415 g/mol. The van der Waals surface area contributed by atoms with Gasteiger partial charge in [0.05, 0.1) is 17.9 Å². The normalized spacial score (nSPS) is 10.1. The van der Waals surface area contributed by atoms with E-state index in [1.165, 1.54) is 0 Å². The summed E-state index contributed by atoms with van der Waals surface area (Å²) in [7, 11) is 0. The van der Waals surface area contributed by atoms with Gasteiger partial charge in [-0.05, 0) is 62.5 Å². The minimum atomic E-state index is -0.362. The van der Waals surface area contributed by atoms with Gasteiger partial charge in [0.1, 0.15) is 12.4 Å². The van der Waals surface area contributed by atoms with E-state index in [0.29, 0.717) is 48.9 Å². The first-order chi connectivity index (χ1) is 14.0. The summed E-state index contributed by atoms with van der Waals surface area (Å²) >= 11 is 5.22. The minimum absolute atomic E-state index is 0.101. The molecular formula is C21H25N3O4S. The van der Waals surface area contributed by atoms with Gasteiger partial charge in [-0.3, -0.25) is 14.9 Å². The highest BCUT2D eigenvalue weighted by Crippen LogP contribution is 2.15. The zero-order chi connectivity index (χ0) is 21.1. The van der Waals surface area contributed by atoms with Crippen molar-refractivity contribution in [2.75, 3.05) is 31.7 Å². The van der Waals surface area contributed by atoms with Crippen LogP contribution in [-0.4, -0.2) is 43.3 Å². The summed E-state index contributed by atoms with van der Waals surface area (Å²) in [6.07, 6.45) is 0. The Morgan fingerprint density at radius 3 is 2.38 bits per heavy atom. The second kappa shape index (κ2) is 11.8. The summed E-state index contributed by atoms with van der Waals surface area (Å²) in [5.74, 6) is 0.0707. The lowest BCUT2D eigenvalue weighted by Crippen LogP contribution is -2.35. The van der Waals surface area contributed by atoms with Gasteiger partial charge in [0.2, 0.25) is 0 Å². The van der Waals surface area contributed by atoms with Crippen molar-refractivity contribution in [2.24, 2.45) is 0 Å². The summed E-state index contributed by atoms with van der Waals surface area (Å²) < 4.78 is 10.7. The molecule has 2 aromatic carbocycles. The largest absolute Gasteiger partial charge is 0.491 e. The quantitative estimate of drug-likeness (QED) is 0.431. The maximum atomic E-state index is 12.4. The number of hydrogen-bond acceptors (Lipinski definition) is 5. The van der Waals surface area contributed by atoms with Crippen molar-refractivity contribution in [2.45, 2.75) is 13.8 Å². The van der Waals surface area contributed by atoms with Crippen molar-refractivity contribution in [3.8, 4) is 5.75 Å². The highest BCUT2D eigenvalue weighted by Gasteiger charge is 2.13. The van der Waals surface area contributed by atoms with Crippen molar-refractivity contribution in [1.82, 2.24) is 10.6 Å². The molecule has 0 saturated heterocycles. The zero-order valence-electron chi connectivity index (χ0n) is 16.5. The predicted molar refractivity (Wildman–Crippen MR) is 117 cm³/mol. The molecule has 0 bridgehead atoms. The average molecular weight is 416 g/mol. The molecule has 0 aromatic heterocycles. The Kier molecular flexibility index (Phi) is 9.07. The molecule has 0 fully saturated rings. The van der Waals surface area contributed by atoms with Gasteiger partial charge in [0.15, 0.2) is 5.11 Å². The van der Waals surface area contributed by atoms with Gasteiger partial charge >= 0.3 is 0 Å². The summed E-state index contributed by atoms with van der Waals surface area (Å²) in [4.78, 5) is 24.5. The first kappa shape index (κ1) is 22.3. The third-order valence-electron chi connectivity index (χ3n) is 3.80. The average Bonchev–Trinajstić information content (AvgIpc) is 2.72. The Balaban J connectivity index is 1.92. The second-order valence-corrected chi connectivity index (χ2v) is 6.29. The lowest BCUT2D eigenvalue weighted by atomic mass is 10.1. The number of para-hydroxylation sites is 1. The number of ether oxygens (including phenoxy) is 2. The molecule has 0 radical (unpaired) electrons. The van der Waals surface area contributed by atoms with Crippen LogP contribution in [-0.2, 0) is 4.74 Å². The Morgan fingerprint density at radius 1 is 0.966 bits per heavy atom. The second-order valence-electron chi connectivity index (χ2n) is 5.88. The highest BCUT2D eigenvalue weighted by atomic mass is 32.1. The molecule has 3 N–H and O–H groups in total. The van der Waals surface area contributed by atoms with Crippen LogP contribution in [0.3, 0.4) is 0 Å².